The van der Waals surface area contributed by atoms with E-state index in [1.54, 1.807) is 0 Å². The fraction of sp³-hybridized carbons (Fsp3) is 0.226. The summed E-state index contributed by atoms with van der Waals surface area (Å²) in [5.74, 6) is 1.02. The van der Waals surface area contributed by atoms with Crippen molar-refractivity contribution in [1.29, 1.82) is 0 Å². The molecule has 0 bridgehead atoms. The summed E-state index contributed by atoms with van der Waals surface area (Å²) < 4.78 is 28.6. The van der Waals surface area contributed by atoms with Crippen molar-refractivity contribution in [3.63, 3.8) is 0 Å². The molecule has 0 aromatic heterocycles. The molecule has 3 aromatic rings. The number of benzene rings is 3. The Bertz CT molecular complexity index is 1510. The van der Waals surface area contributed by atoms with Gasteiger partial charge in [0.05, 0.1) is 23.7 Å². The highest BCUT2D eigenvalue weighted by Crippen LogP contribution is 2.29. The Morgan fingerprint density at radius 2 is 1.82 bits per heavy atom. The molecule has 0 saturated carbocycles. The second-order valence-corrected chi connectivity index (χ2v) is 11.9. The van der Waals surface area contributed by atoms with E-state index in [0.717, 1.165) is 39.5 Å². The number of nitrogens with zero attached hydrogens (tertiary/aromatic N) is 3. The molecule has 0 aliphatic carbocycles. The second kappa shape index (κ2) is 12.2. The fourth-order valence-corrected chi connectivity index (χ4v) is 4.92. The Morgan fingerprint density at radius 1 is 1.03 bits per heavy atom. The van der Waals surface area contributed by atoms with Gasteiger partial charge in [0.25, 0.3) is 0 Å². The average molecular weight is 541 g/mol. The number of ether oxygens (including phenoxy) is 1. The van der Waals surface area contributed by atoms with Gasteiger partial charge >= 0.3 is 0 Å². The number of anilines is 1. The zero-order chi connectivity index (χ0) is 27.1. The van der Waals surface area contributed by atoms with Gasteiger partial charge in [-0.3, -0.25) is 9.98 Å². The van der Waals surface area contributed by atoms with Crippen LogP contribution in [0.3, 0.4) is 0 Å². The molecular formula is C31H32N4O3S. The summed E-state index contributed by atoms with van der Waals surface area (Å²) in [4.78, 5) is 11.6. The highest BCUT2D eigenvalue weighted by atomic mass is 32.2. The van der Waals surface area contributed by atoms with Crippen LogP contribution in [0.2, 0.25) is 0 Å². The number of sulfone groups is 1. The topological polar surface area (TPSA) is 83.4 Å². The number of nitrogens with one attached hydrogen (secondary N) is 1. The standard InChI is InChI=1S/C31H32N4O3S/c1-39(36,37)17-15-32-19-25-8-5-9-28(18-25)35-16-14-26-20-33-21-31(30(26)22-35)34-27-10-12-29(13-11-27)38-23-24-6-3-2-4-7-24/h2-14,16,18,20,22,26,32H,15,17,19,21,23H2,1H3. The van der Waals surface area contributed by atoms with Gasteiger partial charge in [-0.05, 0) is 47.5 Å². The molecule has 2 aliphatic rings. The van der Waals surface area contributed by atoms with Crippen LogP contribution in [0.4, 0.5) is 11.4 Å². The van der Waals surface area contributed by atoms with Gasteiger partial charge in [-0.25, -0.2) is 8.42 Å². The molecule has 39 heavy (non-hydrogen) atoms. The Labute approximate surface area is 230 Å². The van der Waals surface area contributed by atoms with E-state index >= 15 is 0 Å². The van der Waals surface area contributed by atoms with E-state index in [1.165, 1.54) is 6.26 Å². The van der Waals surface area contributed by atoms with Crippen molar-refractivity contribution in [2.75, 3.05) is 30.0 Å². The van der Waals surface area contributed by atoms with Gasteiger partial charge in [0.15, 0.2) is 0 Å². The lowest BCUT2D eigenvalue weighted by Crippen LogP contribution is -2.27. The Balaban J connectivity index is 1.27. The van der Waals surface area contributed by atoms with E-state index in [-0.39, 0.29) is 11.7 Å². The Kier molecular flexibility index (Phi) is 8.34. The van der Waals surface area contributed by atoms with E-state index < -0.39 is 9.84 Å². The smallest absolute Gasteiger partial charge is 0.148 e. The number of allylic oxidation sites excluding steroid dienone is 1. The summed E-state index contributed by atoms with van der Waals surface area (Å²) in [6, 6.07) is 26.2. The number of hydrogen-bond donors (Lipinski definition) is 1. The van der Waals surface area contributed by atoms with E-state index in [1.807, 2.05) is 72.9 Å². The minimum absolute atomic E-state index is 0.0862. The molecule has 8 heteroatoms. The van der Waals surface area contributed by atoms with Crippen LogP contribution in [-0.2, 0) is 23.0 Å². The van der Waals surface area contributed by atoms with Crippen molar-refractivity contribution in [3.05, 3.63) is 114 Å². The van der Waals surface area contributed by atoms with Gasteiger partial charge in [-0.15, -0.1) is 0 Å². The summed E-state index contributed by atoms with van der Waals surface area (Å²) in [5, 5.41) is 3.21. The third-order valence-corrected chi connectivity index (χ3v) is 7.41. The summed E-state index contributed by atoms with van der Waals surface area (Å²) in [7, 11) is -2.97. The van der Waals surface area contributed by atoms with Crippen LogP contribution in [0, 0.1) is 5.92 Å². The molecule has 5 rings (SSSR count). The van der Waals surface area contributed by atoms with Crippen LogP contribution in [0.25, 0.3) is 0 Å². The summed E-state index contributed by atoms with van der Waals surface area (Å²) >= 11 is 0. The largest absolute Gasteiger partial charge is 0.489 e. The first-order valence-corrected chi connectivity index (χ1v) is 15.0. The van der Waals surface area contributed by atoms with Gasteiger partial charge in [-0.1, -0.05) is 48.5 Å². The Hall–Kier alpha value is -4.01. The second-order valence-electron chi connectivity index (χ2n) is 9.65. The van der Waals surface area contributed by atoms with Crippen LogP contribution in [0.15, 0.2) is 113 Å². The fourth-order valence-electron chi connectivity index (χ4n) is 4.40. The zero-order valence-electron chi connectivity index (χ0n) is 21.9. The molecule has 2 aliphatic heterocycles. The molecular weight excluding hydrogens is 508 g/mol. The SMILES string of the molecule is CS(=O)(=O)CCNCc1cccc(N2C=CC3C=NCC(=Nc4ccc(OCc5ccccc5)cc4)C3=C2)c1. The minimum Gasteiger partial charge on any atom is -0.489 e. The van der Waals surface area contributed by atoms with Crippen molar-refractivity contribution in [2.24, 2.45) is 15.9 Å². The quantitative estimate of drug-likeness (QED) is 0.362. The van der Waals surface area contributed by atoms with Crippen molar-refractivity contribution in [2.45, 2.75) is 13.2 Å². The maximum Gasteiger partial charge on any atom is 0.148 e. The molecule has 2 heterocycles. The number of hydrogen-bond acceptors (Lipinski definition) is 7. The third kappa shape index (κ3) is 7.52. The van der Waals surface area contributed by atoms with E-state index in [4.69, 9.17) is 9.73 Å². The van der Waals surface area contributed by atoms with Crippen molar-refractivity contribution < 1.29 is 13.2 Å². The monoisotopic (exact) mass is 540 g/mol. The highest BCUT2D eigenvalue weighted by molar-refractivity contribution is 7.90. The highest BCUT2D eigenvalue weighted by Gasteiger charge is 2.23. The minimum atomic E-state index is -2.97. The molecule has 1 N–H and O–H groups in total. The average Bonchev–Trinajstić information content (AvgIpc) is 2.95. The van der Waals surface area contributed by atoms with Gasteiger partial charge < -0.3 is 15.0 Å². The van der Waals surface area contributed by atoms with E-state index in [0.29, 0.717) is 26.2 Å². The molecule has 1 unspecified atom stereocenters. The molecule has 0 saturated heterocycles. The van der Waals surface area contributed by atoms with Crippen molar-refractivity contribution >= 4 is 33.1 Å². The zero-order valence-corrected chi connectivity index (χ0v) is 22.7. The van der Waals surface area contributed by atoms with Crippen LogP contribution >= 0.6 is 0 Å². The Morgan fingerprint density at radius 3 is 2.62 bits per heavy atom. The number of aliphatic imine (C=N–C) groups is 2. The number of fused-ring (bicyclic) bond motifs is 1. The van der Waals surface area contributed by atoms with Crippen LogP contribution in [0.1, 0.15) is 11.1 Å². The molecule has 200 valence electrons. The van der Waals surface area contributed by atoms with Crippen LogP contribution in [-0.4, -0.2) is 45.4 Å². The van der Waals surface area contributed by atoms with Gasteiger partial charge in [0, 0.05) is 55.1 Å². The predicted molar refractivity (Wildman–Crippen MR) is 159 cm³/mol. The van der Waals surface area contributed by atoms with E-state index in [2.05, 4.69) is 45.8 Å². The first kappa shape index (κ1) is 26.6. The van der Waals surface area contributed by atoms with Gasteiger partial charge in [0.1, 0.15) is 22.2 Å². The van der Waals surface area contributed by atoms with Gasteiger partial charge in [-0.2, -0.15) is 0 Å². The van der Waals surface area contributed by atoms with Crippen molar-refractivity contribution in [1.82, 2.24) is 5.32 Å². The molecule has 1 atom stereocenters. The maximum atomic E-state index is 11.4. The lowest BCUT2D eigenvalue weighted by atomic mass is 9.92. The lowest BCUT2D eigenvalue weighted by molar-refractivity contribution is 0.306. The first-order chi connectivity index (χ1) is 18.9. The molecule has 0 spiro atoms. The lowest BCUT2D eigenvalue weighted by Gasteiger charge is -2.28. The predicted octanol–water partition coefficient (Wildman–Crippen LogP) is 5.09. The summed E-state index contributed by atoms with van der Waals surface area (Å²) in [6.45, 7) is 2.08. The molecule has 3 aromatic carbocycles. The molecule has 0 amide bonds. The van der Waals surface area contributed by atoms with Crippen LogP contribution < -0.4 is 15.0 Å². The maximum absolute atomic E-state index is 11.4. The third-order valence-electron chi connectivity index (χ3n) is 6.47. The van der Waals surface area contributed by atoms with Gasteiger partial charge in [0.2, 0.25) is 0 Å². The molecule has 0 radical (unpaired) electrons. The summed E-state index contributed by atoms with van der Waals surface area (Å²) in [5.41, 5.74) is 6.16. The normalized spacial score (nSPS) is 17.7. The first-order valence-electron chi connectivity index (χ1n) is 12.9. The van der Waals surface area contributed by atoms with Crippen molar-refractivity contribution in [3.8, 4) is 5.75 Å². The molecule has 7 nitrogen and oxygen atoms in total. The van der Waals surface area contributed by atoms with Crippen LogP contribution in [0.5, 0.6) is 5.75 Å². The van der Waals surface area contributed by atoms with E-state index in [9.17, 15) is 8.42 Å². The summed E-state index contributed by atoms with van der Waals surface area (Å²) in [6.07, 6.45) is 9.54. The number of rotatable bonds is 10. The molecule has 0 fully saturated rings.